The maximum atomic E-state index is 14.9. The van der Waals surface area contributed by atoms with E-state index in [1.807, 2.05) is 36.4 Å². The van der Waals surface area contributed by atoms with Gasteiger partial charge in [-0.3, -0.25) is 0 Å². The molecule has 0 radical (unpaired) electrons. The van der Waals surface area contributed by atoms with Crippen LogP contribution in [0.2, 0.25) is 0 Å². The van der Waals surface area contributed by atoms with Gasteiger partial charge in [-0.05, 0) is 63.6 Å². The van der Waals surface area contributed by atoms with E-state index in [2.05, 4.69) is 43.3 Å². The number of unbranched alkanes of at least 4 members (excludes halogenated alkanes) is 3. The smallest absolute Gasteiger partial charge is 0.131 e. The molecule has 0 atom stereocenters. The molecule has 0 heterocycles. The summed E-state index contributed by atoms with van der Waals surface area (Å²) < 4.78 is 14.9. The normalized spacial score (nSPS) is 11.2. The van der Waals surface area contributed by atoms with E-state index >= 15 is 0 Å². The van der Waals surface area contributed by atoms with Crippen molar-refractivity contribution in [3.05, 3.63) is 95.8 Å². The molecule has 0 spiro atoms. The Morgan fingerprint density at radius 1 is 0.645 bits per heavy atom. The fourth-order valence-electron chi connectivity index (χ4n) is 4.14. The number of nitrogens with two attached hydrogens (primary N) is 1. The SMILES string of the molecule is CCCCCCc1ccc2cc(-c3ccc(-c4ccc(CN)cc4)c(F)c3)ccc2c1. The molecule has 0 aliphatic rings. The van der Waals surface area contributed by atoms with Crippen LogP contribution in [0.25, 0.3) is 33.0 Å². The van der Waals surface area contributed by atoms with E-state index in [1.54, 1.807) is 6.07 Å². The average molecular weight is 412 g/mol. The van der Waals surface area contributed by atoms with Crippen molar-refractivity contribution in [3.8, 4) is 22.3 Å². The van der Waals surface area contributed by atoms with Gasteiger partial charge in [0.2, 0.25) is 0 Å². The van der Waals surface area contributed by atoms with Crippen LogP contribution < -0.4 is 5.73 Å². The lowest BCUT2D eigenvalue weighted by atomic mass is 9.96. The van der Waals surface area contributed by atoms with E-state index in [9.17, 15) is 4.39 Å². The summed E-state index contributed by atoms with van der Waals surface area (Å²) in [5.41, 5.74) is 11.5. The summed E-state index contributed by atoms with van der Waals surface area (Å²) in [7, 11) is 0. The summed E-state index contributed by atoms with van der Waals surface area (Å²) in [5, 5.41) is 2.44. The Morgan fingerprint density at radius 2 is 1.29 bits per heavy atom. The largest absolute Gasteiger partial charge is 0.326 e. The third-order valence-corrected chi connectivity index (χ3v) is 6.03. The molecule has 0 aromatic heterocycles. The van der Waals surface area contributed by atoms with Crippen LogP contribution in [0.1, 0.15) is 43.7 Å². The van der Waals surface area contributed by atoms with Gasteiger partial charge in [0.05, 0.1) is 0 Å². The van der Waals surface area contributed by atoms with Gasteiger partial charge in [-0.25, -0.2) is 4.39 Å². The third kappa shape index (κ3) is 5.03. The van der Waals surface area contributed by atoms with Crippen molar-refractivity contribution in [3.63, 3.8) is 0 Å². The van der Waals surface area contributed by atoms with Crippen molar-refractivity contribution in [2.24, 2.45) is 5.73 Å². The van der Waals surface area contributed by atoms with Gasteiger partial charge < -0.3 is 5.73 Å². The van der Waals surface area contributed by atoms with Crippen LogP contribution in [0.3, 0.4) is 0 Å². The molecular formula is C29H30FN. The van der Waals surface area contributed by atoms with Crippen LogP contribution in [0.15, 0.2) is 78.9 Å². The van der Waals surface area contributed by atoms with Gasteiger partial charge in [-0.2, -0.15) is 0 Å². The van der Waals surface area contributed by atoms with Gasteiger partial charge in [-0.1, -0.05) is 92.9 Å². The van der Waals surface area contributed by atoms with Crippen LogP contribution in [0.5, 0.6) is 0 Å². The van der Waals surface area contributed by atoms with Gasteiger partial charge in [0.1, 0.15) is 5.82 Å². The lowest BCUT2D eigenvalue weighted by molar-refractivity contribution is 0.632. The Kier molecular flexibility index (Phi) is 6.79. The molecule has 4 rings (SSSR count). The molecule has 4 aromatic rings. The van der Waals surface area contributed by atoms with Crippen LogP contribution >= 0.6 is 0 Å². The maximum absolute atomic E-state index is 14.9. The summed E-state index contributed by atoms with van der Waals surface area (Å²) >= 11 is 0. The zero-order valence-electron chi connectivity index (χ0n) is 18.2. The highest BCUT2D eigenvalue weighted by atomic mass is 19.1. The molecule has 2 heteroatoms. The van der Waals surface area contributed by atoms with Crippen molar-refractivity contribution in [2.45, 2.75) is 45.6 Å². The summed E-state index contributed by atoms with van der Waals surface area (Å²) in [6, 6.07) is 26.4. The fourth-order valence-corrected chi connectivity index (χ4v) is 4.14. The zero-order valence-corrected chi connectivity index (χ0v) is 18.2. The number of aryl methyl sites for hydroxylation is 1. The number of benzene rings is 4. The first-order valence-electron chi connectivity index (χ1n) is 11.3. The molecule has 0 fully saturated rings. The third-order valence-electron chi connectivity index (χ3n) is 6.03. The van der Waals surface area contributed by atoms with Crippen molar-refractivity contribution in [1.82, 2.24) is 0 Å². The van der Waals surface area contributed by atoms with E-state index < -0.39 is 0 Å². The van der Waals surface area contributed by atoms with Crippen molar-refractivity contribution in [2.75, 3.05) is 0 Å². The van der Waals surface area contributed by atoms with Gasteiger partial charge in [0.15, 0.2) is 0 Å². The zero-order chi connectivity index (χ0) is 21.6. The van der Waals surface area contributed by atoms with Gasteiger partial charge in [0, 0.05) is 12.1 Å². The van der Waals surface area contributed by atoms with Gasteiger partial charge >= 0.3 is 0 Å². The molecule has 0 aliphatic carbocycles. The first-order valence-corrected chi connectivity index (χ1v) is 11.3. The van der Waals surface area contributed by atoms with E-state index in [0.29, 0.717) is 12.1 Å². The minimum atomic E-state index is -0.208. The molecule has 0 bridgehead atoms. The van der Waals surface area contributed by atoms with Crippen molar-refractivity contribution < 1.29 is 4.39 Å². The predicted octanol–water partition coefficient (Wildman–Crippen LogP) is 7.89. The highest BCUT2D eigenvalue weighted by molar-refractivity contribution is 5.88. The molecule has 0 unspecified atom stereocenters. The molecule has 2 N–H and O–H groups in total. The summed E-state index contributed by atoms with van der Waals surface area (Å²) in [6.07, 6.45) is 6.26. The number of hydrogen-bond acceptors (Lipinski definition) is 1. The fraction of sp³-hybridized carbons (Fsp3) is 0.241. The highest BCUT2D eigenvalue weighted by Gasteiger charge is 2.08. The standard InChI is InChI=1S/C29H30FN/c1-2-3-4-5-6-21-7-12-25-18-26(14-13-24(25)17-21)27-15-16-28(29(30)19-27)23-10-8-22(20-31)9-11-23/h7-19H,2-6,20,31H2,1H3. The first kappa shape index (κ1) is 21.3. The molecule has 31 heavy (non-hydrogen) atoms. The Morgan fingerprint density at radius 3 is 2.03 bits per heavy atom. The summed E-state index contributed by atoms with van der Waals surface area (Å²) in [6.45, 7) is 2.73. The van der Waals surface area contributed by atoms with Crippen molar-refractivity contribution in [1.29, 1.82) is 0 Å². The Bertz CT molecular complexity index is 1160. The number of fused-ring (bicyclic) bond motifs is 1. The number of hydrogen-bond donors (Lipinski definition) is 1. The predicted molar refractivity (Wildman–Crippen MR) is 131 cm³/mol. The lowest BCUT2D eigenvalue weighted by Gasteiger charge is -2.09. The molecule has 0 saturated heterocycles. The second kappa shape index (κ2) is 9.89. The molecule has 0 amide bonds. The molecule has 158 valence electrons. The van der Waals surface area contributed by atoms with E-state index in [4.69, 9.17) is 5.73 Å². The Labute approximate surface area is 184 Å². The first-order chi connectivity index (χ1) is 15.2. The minimum absolute atomic E-state index is 0.208. The molecule has 0 aliphatic heterocycles. The topological polar surface area (TPSA) is 26.0 Å². The second-order valence-corrected chi connectivity index (χ2v) is 8.30. The lowest BCUT2D eigenvalue weighted by Crippen LogP contribution is -1.95. The summed E-state index contributed by atoms with van der Waals surface area (Å²) in [4.78, 5) is 0. The van der Waals surface area contributed by atoms with Crippen LogP contribution in [0, 0.1) is 5.82 Å². The summed E-state index contributed by atoms with van der Waals surface area (Å²) in [5.74, 6) is -0.208. The monoisotopic (exact) mass is 411 g/mol. The molecule has 1 nitrogen and oxygen atoms in total. The highest BCUT2D eigenvalue weighted by Crippen LogP contribution is 2.30. The van der Waals surface area contributed by atoms with E-state index in [1.165, 1.54) is 42.0 Å². The van der Waals surface area contributed by atoms with Crippen LogP contribution in [-0.4, -0.2) is 0 Å². The minimum Gasteiger partial charge on any atom is -0.326 e. The molecule has 4 aromatic carbocycles. The van der Waals surface area contributed by atoms with Gasteiger partial charge in [0.25, 0.3) is 0 Å². The second-order valence-electron chi connectivity index (χ2n) is 8.30. The van der Waals surface area contributed by atoms with E-state index in [0.717, 1.165) is 28.7 Å². The Hall–Kier alpha value is -2.97. The Balaban J connectivity index is 1.55. The van der Waals surface area contributed by atoms with Crippen LogP contribution in [-0.2, 0) is 13.0 Å². The van der Waals surface area contributed by atoms with Gasteiger partial charge in [-0.15, -0.1) is 0 Å². The number of halogens is 1. The quantitative estimate of drug-likeness (QED) is 0.293. The molecular weight excluding hydrogens is 381 g/mol. The maximum Gasteiger partial charge on any atom is 0.131 e. The van der Waals surface area contributed by atoms with Crippen molar-refractivity contribution >= 4 is 10.8 Å². The average Bonchev–Trinajstić information content (AvgIpc) is 2.81. The number of rotatable bonds is 8. The van der Waals surface area contributed by atoms with E-state index in [-0.39, 0.29) is 5.82 Å². The van der Waals surface area contributed by atoms with Crippen LogP contribution in [0.4, 0.5) is 4.39 Å². The molecule has 0 saturated carbocycles.